The monoisotopic (exact) mass is 256 g/mol. The first-order valence-corrected chi connectivity index (χ1v) is 7.44. The number of methoxy groups -OCH3 is 1. The van der Waals surface area contributed by atoms with Crippen LogP contribution in [0.3, 0.4) is 0 Å². The lowest BCUT2D eigenvalue weighted by molar-refractivity contribution is -0.0360. The Morgan fingerprint density at radius 2 is 1.87 bits per heavy atom. The highest BCUT2D eigenvalue weighted by Crippen LogP contribution is 2.54. The number of rotatable bonds is 4. The van der Waals surface area contributed by atoms with Crippen LogP contribution >= 0.6 is 19.0 Å². The molecule has 1 aliphatic rings. The second kappa shape index (κ2) is 5.66. The number of aliphatic hydroxyl groups excluding tert-OH is 1. The molecule has 1 rings (SSSR count). The summed E-state index contributed by atoms with van der Waals surface area (Å²) < 4.78 is 26.4. The fourth-order valence-corrected chi connectivity index (χ4v) is 2.73. The maximum absolute atomic E-state index is 11.4. The molecule has 7 heteroatoms. The lowest BCUT2D eigenvalue weighted by Gasteiger charge is -2.32. The number of hydrogen-bond acceptors (Lipinski definition) is 5. The third-order valence-electron chi connectivity index (χ3n) is 2.44. The van der Waals surface area contributed by atoms with Gasteiger partial charge in [0, 0.05) is 27.1 Å². The predicted molar refractivity (Wildman–Crippen MR) is 59.1 cm³/mol. The van der Waals surface area contributed by atoms with Gasteiger partial charge in [-0.2, -0.15) is 0 Å². The van der Waals surface area contributed by atoms with Crippen LogP contribution in [-0.2, 0) is 18.3 Å². The van der Waals surface area contributed by atoms with Crippen LogP contribution in [0.2, 0.25) is 0 Å². The van der Waals surface area contributed by atoms with E-state index in [1.807, 2.05) is 0 Å². The van der Waals surface area contributed by atoms with Crippen LogP contribution in [0, 0.1) is 0 Å². The van der Waals surface area contributed by atoms with E-state index in [9.17, 15) is 9.67 Å². The van der Waals surface area contributed by atoms with E-state index in [1.54, 1.807) is 7.11 Å². The molecule has 0 aliphatic heterocycles. The minimum absolute atomic E-state index is 0.0658. The topological polar surface area (TPSA) is 65.0 Å². The van der Waals surface area contributed by atoms with Gasteiger partial charge in [-0.05, 0) is 6.42 Å². The zero-order chi connectivity index (χ0) is 11.5. The van der Waals surface area contributed by atoms with E-state index in [4.69, 9.17) is 9.26 Å². The van der Waals surface area contributed by atoms with Crippen LogP contribution in [-0.4, -0.2) is 37.6 Å². The molecule has 15 heavy (non-hydrogen) atoms. The first kappa shape index (κ1) is 13.5. The molecule has 0 radical (unpaired) electrons. The molecule has 90 valence electrons. The van der Waals surface area contributed by atoms with E-state index < -0.39 is 12.9 Å². The van der Waals surface area contributed by atoms with Crippen LogP contribution in [0.25, 0.3) is 0 Å². The van der Waals surface area contributed by atoms with Gasteiger partial charge in [-0.3, -0.25) is 4.52 Å². The van der Waals surface area contributed by atoms with Crippen LogP contribution < -0.4 is 0 Å². The molecule has 1 aliphatic carbocycles. The van der Waals surface area contributed by atoms with Gasteiger partial charge in [0.15, 0.2) is 0 Å². The van der Waals surface area contributed by atoms with Gasteiger partial charge in [0.1, 0.15) is 0 Å². The normalized spacial score (nSPS) is 36.1. The standard InChI is InChI=1S/C8H17O5PS/c1-11-7-3-6(9)4-8(5-7)13-14(10,15)12-2/h6-9H,3-5H2,1-2H3,(H,10,15)/t6-,7-,8-,14?/m1/s1. The summed E-state index contributed by atoms with van der Waals surface area (Å²) in [6.45, 7) is -3.28. The summed E-state index contributed by atoms with van der Waals surface area (Å²) in [6.07, 6.45) is 0.736. The molecule has 0 amide bonds. The highest BCUT2D eigenvalue weighted by atomic mass is 32.7. The van der Waals surface area contributed by atoms with E-state index >= 15 is 0 Å². The van der Waals surface area contributed by atoms with E-state index in [-0.39, 0.29) is 12.2 Å². The van der Waals surface area contributed by atoms with Gasteiger partial charge < -0.3 is 14.4 Å². The van der Waals surface area contributed by atoms with Crippen molar-refractivity contribution in [1.82, 2.24) is 0 Å². The molecule has 0 bridgehead atoms. The molecule has 1 unspecified atom stereocenters. The fourth-order valence-electron chi connectivity index (χ4n) is 1.70. The Bertz CT molecular complexity index is 249. The summed E-state index contributed by atoms with van der Waals surface area (Å²) in [6, 6.07) is 0. The van der Waals surface area contributed by atoms with Crippen LogP contribution in [0.1, 0.15) is 19.3 Å². The molecule has 1 fully saturated rings. The highest BCUT2D eigenvalue weighted by molar-refractivity contribution is 8.44. The van der Waals surface area contributed by atoms with Crippen molar-refractivity contribution in [3.8, 4) is 0 Å². The van der Waals surface area contributed by atoms with E-state index in [1.165, 1.54) is 7.11 Å². The van der Waals surface area contributed by atoms with Gasteiger partial charge in [-0.25, -0.2) is 4.57 Å². The molecule has 0 saturated heterocycles. The van der Waals surface area contributed by atoms with Gasteiger partial charge in [0.25, 0.3) is 0 Å². The molecule has 1 N–H and O–H groups in total. The predicted octanol–water partition coefficient (Wildman–Crippen LogP) is 1.62. The number of thiol groups is 1. The lowest BCUT2D eigenvalue weighted by atomic mass is 9.93. The van der Waals surface area contributed by atoms with Crippen molar-refractivity contribution < 1.29 is 23.5 Å². The Morgan fingerprint density at radius 3 is 2.40 bits per heavy atom. The van der Waals surface area contributed by atoms with Gasteiger partial charge in [0.05, 0.1) is 18.3 Å². The first-order chi connectivity index (χ1) is 6.96. The Kier molecular flexibility index (Phi) is 5.09. The average molecular weight is 256 g/mol. The minimum Gasteiger partial charge on any atom is -0.393 e. The maximum atomic E-state index is 11.4. The van der Waals surface area contributed by atoms with Crippen molar-refractivity contribution in [2.75, 3.05) is 14.2 Å². The Balaban J connectivity index is 2.51. The smallest absolute Gasteiger partial charge is 0.386 e. The van der Waals surface area contributed by atoms with Crippen molar-refractivity contribution in [2.24, 2.45) is 0 Å². The summed E-state index contributed by atoms with van der Waals surface area (Å²) in [5.41, 5.74) is 0. The minimum atomic E-state index is -3.28. The molecule has 0 aromatic heterocycles. The fraction of sp³-hybridized carbons (Fsp3) is 1.00. The third-order valence-corrected chi connectivity index (χ3v) is 4.24. The van der Waals surface area contributed by atoms with Crippen molar-refractivity contribution in [2.45, 2.75) is 37.6 Å². The zero-order valence-electron chi connectivity index (χ0n) is 8.83. The second-order valence-corrected chi connectivity index (χ2v) is 6.58. The second-order valence-electron chi connectivity index (χ2n) is 3.60. The summed E-state index contributed by atoms with van der Waals surface area (Å²) in [4.78, 5) is 0. The SMILES string of the molecule is CO[C@@H]1C[C@@H](O)C[C@@H](OP(=O)(S)OC)C1. The van der Waals surface area contributed by atoms with Crippen LogP contribution in [0.5, 0.6) is 0 Å². The van der Waals surface area contributed by atoms with Crippen molar-refractivity contribution in [3.63, 3.8) is 0 Å². The Hall–Kier alpha value is 0.420. The maximum Gasteiger partial charge on any atom is 0.386 e. The summed E-state index contributed by atoms with van der Waals surface area (Å²) in [5, 5.41) is 9.54. The van der Waals surface area contributed by atoms with Crippen molar-refractivity contribution in [3.05, 3.63) is 0 Å². The molecule has 1 saturated carbocycles. The molecular weight excluding hydrogens is 239 g/mol. The van der Waals surface area contributed by atoms with Gasteiger partial charge in [-0.15, -0.1) is 0 Å². The quantitative estimate of drug-likeness (QED) is 0.591. The number of aliphatic hydroxyl groups is 1. The lowest BCUT2D eigenvalue weighted by Crippen LogP contribution is -2.34. The van der Waals surface area contributed by atoms with Crippen LogP contribution in [0.15, 0.2) is 0 Å². The molecule has 0 heterocycles. The first-order valence-electron chi connectivity index (χ1n) is 4.74. The van der Waals surface area contributed by atoms with Crippen molar-refractivity contribution in [1.29, 1.82) is 0 Å². The Morgan fingerprint density at radius 1 is 1.27 bits per heavy atom. The largest absolute Gasteiger partial charge is 0.393 e. The molecular formula is C8H17O5PS. The zero-order valence-corrected chi connectivity index (χ0v) is 10.6. The summed E-state index contributed by atoms with van der Waals surface area (Å²) in [7, 11) is 2.86. The van der Waals surface area contributed by atoms with Crippen molar-refractivity contribution >= 4 is 19.0 Å². The van der Waals surface area contributed by atoms with E-state index in [0.29, 0.717) is 19.3 Å². The molecule has 0 spiro atoms. The van der Waals surface area contributed by atoms with Gasteiger partial charge in [-0.1, -0.05) is 12.2 Å². The number of hydrogen-bond donors (Lipinski definition) is 2. The highest BCUT2D eigenvalue weighted by Gasteiger charge is 2.32. The molecule has 4 atom stereocenters. The van der Waals surface area contributed by atoms with Crippen LogP contribution in [0.4, 0.5) is 0 Å². The molecule has 0 aromatic carbocycles. The van der Waals surface area contributed by atoms with E-state index in [2.05, 4.69) is 16.8 Å². The summed E-state index contributed by atoms with van der Waals surface area (Å²) in [5.74, 6) is 0. The average Bonchev–Trinajstić information content (AvgIpc) is 2.16. The number of ether oxygens (including phenoxy) is 1. The van der Waals surface area contributed by atoms with Gasteiger partial charge >= 0.3 is 6.80 Å². The van der Waals surface area contributed by atoms with Gasteiger partial charge in [0.2, 0.25) is 0 Å². The molecule has 5 nitrogen and oxygen atoms in total. The van der Waals surface area contributed by atoms with E-state index in [0.717, 1.165) is 0 Å². The summed E-state index contributed by atoms with van der Waals surface area (Å²) >= 11 is 3.77. The Labute approximate surface area is 94.8 Å². The third kappa shape index (κ3) is 4.43. The molecule has 0 aromatic rings.